The van der Waals surface area contributed by atoms with E-state index in [0.717, 1.165) is 25.8 Å². The molecule has 0 aliphatic carbocycles. The Balaban J connectivity index is 2.87. The van der Waals surface area contributed by atoms with Crippen LogP contribution in [0.25, 0.3) is 0 Å². The molecule has 0 aromatic rings. The number of likely N-dealkylation sites (tertiary alicyclic amines) is 1. The van der Waals surface area contributed by atoms with Crippen molar-refractivity contribution in [2.75, 3.05) is 6.54 Å². The Morgan fingerprint density at radius 2 is 2.06 bits per heavy atom. The van der Waals surface area contributed by atoms with Crippen molar-refractivity contribution in [2.24, 2.45) is 5.41 Å². The fourth-order valence-electron chi connectivity index (χ4n) is 2.56. The number of hydrogen-bond acceptors (Lipinski definition) is 2. The molecule has 3 heteroatoms. The van der Waals surface area contributed by atoms with Gasteiger partial charge in [0.25, 0.3) is 0 Å². The van der Waals surface area contributed by atoms with E-state index in [1.807, 2.05) is 18.7 Å². The van der Waals surface area contributed by atoms with Crippen LogP contribution < -0.4 is 0 Å². The molecule has 1 atom stereocenters. The van der Waals surface area contributed by atoms with Gasteiger partial charge in [0.2, 0.25) is 5.91 Å². The number of nitrogens with zero attached hydrogens (tertiary/aromatic N) is 2. The van der Waals surface area contributed by atoms with Crippen molar-refractivity contribution < 1.29 is 4.79 Å². The zero-order valence-electron chi connectivity index (χ0n) is 10.6. The topological polar surface area (TPSA) is 44.1 Å². The predicted octanol–water partition coefficient (Wildman–Crippen LogP) is 2.72. The largest absolute Gasteiger partial charge is 0.338 e. The zero-order chi connectivity index (χ0) is 12.2. The summed E-state index contributed by atoms with van der Waals surface area (Å²) in [4.78, 5) is 14.4. The third-order valence-electron chi connectivity index (χ3n) is 3.94. The number of carbonyl (C=O) groups excluding carboxylic acids is 1. The highest BCUT2D eigenvalue weighted by Gasteiger charge is 2.41. The second-order valence-electron chi connectivity index (χ2n) is 4.60. The van der Waals surface area contributed by atoms with Crippen molar-refractivity contribution >= 4 is 5.91 Å². The lowest BCUT2D eigenvalue weighted by molar-refractivity contribution is -0.140. The Morgan fingerprint density at radius 3 is 2.50 bits per heavy atom. The van der Waals surface area contributed by atoms with Gasteiger partial charge in [-0.2, -0.15) is 5.26 Å². The standard InChI is InChI=1S/C13H22N2O/c1-4-11-8-7-9-15(11)12(16)13(5-2,6-3)10-14/h11H,4-9H2,1-3H3. The maximum Gasteiger partial charge on any atom is 0.243 e. The van der Waals surface area contributed by atoms with Crippen LogP contribution >= 0.6 is 0 Å². The monoisotopic (exact) mass is 222 g/mol. The number of hydrogen-bond donors (Lipinski definition) is 0. The molecule has 1 aliphatic heterocycles. The number of rotatable bonds is 4. The minimum Gasteiger partial charge on any atom is -0.338 e. The third kappa shape index (κ3) is 2.07. The van der Waals surface area contributed by atoms with Crippen LogP contribution in [0.5, 0.6) is 0 Å². The van der Waals surface area contributed by atoms with Gasteiger partial charge in [-0.3, -0.25) is 4.79 Å². The van der Waals surface area contributed by atoms with Gasteiger partial charge in [-0.25, -0.2) is 0 Å². The van der Waals surface area contributed by atoms with Crippen LogP contribution in [0.3, 0.4) is 0 Å². The highest BCUT2D eigenvalue weighted by Crippen LogP contribution is 2.32. The van der Waals surface area contributed by atoms with Gasteiger partial charge in [-0.05, 0) is 32.1 Å². The Bertz CT molecular complexity index is 289. The van der Waals surface area contributed by atoms with E-state index in [1.54, 1.807) is 0 Å². The quantitative estimate of drug-likeness (QED) is 0.734. The van der Waals surface area contributed by atoms with Gasteiger partial charge in [0.15, 0.2) is 0 Å². The van der Waals surface area contributed by atoms with E-state index in [9.17, 15) is 10.1 Å². The molecule has 1 unspecified atom stereocenters. The second-order valence-corrected chi connectivity index (χ2v) is 4.60. The summed E-state index contributed by atoms with van der Waals surface area (Å²) in [6.45, 7) is 6.81. The number of amides is 1. The van der Waals surface area contributed by atoms with Gasteiger partial charge in [0.05, 0.1) is 6.07 Å². The van der Waals surface area contributed by atoms with E-state index >= 15 is 0 Å². The Hall–Kier alpha value is -1.04. The number of nitriles is 1. The van der Waals surface area contributed by atoms with E-state index in [2.05, 4.69) is 13.0 Å². The molecule has 1 amide bonds. The molecule has 0 N–H and O–H groups in total. The van der Waals surface area contributed by atoms with E-state index in [-0.39, 0.29) is 5.91 Å². The zero-order valence-corrected chi connectivity index (χ0v) is 10.6. The highest BCUT2D eigenvalue weighted by atomic mass is 16.2. The van der Waals surface area contributed by atoms with Crippen molar-refractivity contribution in [2.45, 2.75) is 58.9 Å². The van der Waals surface area contributed by atoms with Crippen molar-refractivity contribution in [1.29, 1.82) is 5.26 Å². The van der Waals surface area contributed by atoms with Crippen LogP contribution in [0.1, 0.15) is 52.9 Å². The lowest BCUT2D eigenvalue weighted by atomic mass is 9.82. The summed E-state index contributed by atoms with van der Waals surface area (Å²) in [7, 11) is 0. The lowest BCUT2D eigenvalue weighted by Gasteiger charge is -2.32. The summed E-state index contributed by atoms with van der Waals surface area (Å²) in [5.41, 5.74) is -0.780. The smallest absolute Gasteiger partial charge is 0.243 e. The van der Waals surface area contributed by atoms with Crippen LogP contribution in [0, 0.1) is 16.7 Å². The first-order valence-corrected chi connectivity index (χ1v) is 6.37. The Kier molecular flexibility index (Phi) is 4.35. The van der Waals surface area contributed by atoms with E-state index in [4.69, 9.17) is 0 Å². The highest BCUT2D eigenvalue weighted by molar-refractivity contribution is 5.85. The van der Waals surface area contributed by atoms with E-state index < -0.39 is 5.41 Å². The fourth-order valence-corrected chi connectivity index (χ4v) is 2.56. The molecule has 0 bridgehead atoms. The van der Waals surface area contributed by atoms with Crippen LogP contribution in [0.4, 0.5) is 0 Å². The molecule has 16 heavy (non-hydrogen) atoms. The molecule has 0 aromatic carbocycles. The molecule has 0 aromatic heterocycles. The van der Waals surface area contributed by atoms with Gasteiger partial charge in [-0.1, -0.05) is 20.8 Å². The molecule has 0 radical (unpaired) electrons. The van der Waals surface area contributed by atoms with Gasteiger partial charge in [0, 0.05) is 12.6 Å². The summed E-state index contributed by atoms with van der Waals surface area (Å²) < 4.78 is 0. The van der Waals surface area contributed by atoms with Crippen molar-refractivity contribution in [1.82, 2.24) is 4.90 Å². The van der Waals surface area contributed by atoms with Crippen LogP contribution in [-0.4, -0.2) is 23.4 Å². The molecule has 90 valence electrons. The summed E-state index contributed by atoms with van der Waals surface area (Å²) in [6, 6.07) is 2.60. The molecule has 3 nitrogen and oxygen atoms in total. The first-order chi connectivity index (χ1) is 7.65. The molecule has 1 rings (SSSR count). The van der Waals surface area contributed by atoms with Gasteiger partial charge >= 0.3 is 0 Å². The normalized spacial score (nSPS) is 20.9. The molecule has 0 spiro atoms. The first-order valence-electron chi connectivity index (χ1n) is 6.37. The van der Waals surface area contributed by atoms with E-state index in [1.165, 1.54) is 0 Å². The maximum atomic E-state index is 12.4. The summed E-state index contributed by atoms with van der Waals surface area (Å²) >= 11 is 0. The SMILES string of the molecule is CCC1CCCN1C(=O)C(C#N)(CC)CC. The average molecular weight is 222 g/mol. The van der Waals surface area contributed by atoms with Crippen molar-refractivity contribution in [3.63, 3.8) is 0 Å². The summed E-state index contributed by atoms with van der Waals surface area (Å²) in [6.07, 6.45) is 4.41. The molecule has 1 fully saturated rings. The Morgan fingerprint density at radius 1 is 1.44 bits per heavy atom. The van der Waals surface area contributed by atoms with Crippen LogP contribution in [0.2, 0.25) is 0 Å². The minimum atomic E-state index is -0.780. The van der Waals surface area contributed by atoms with Gasteiger partial charge in [-0.15, -0.1) is 0 Å². The van der Waals surface area contributed by atoms with Gasteiger partial charge < -0.3 is 4.90 Å². The second kappa shape index (κ2) is 5.34. The molecule has 1 aliphatic rings. The predicted molar refractivity (Wildman–Crippen MR) is 63.7 cm³/mol. The molecule has 1 saturated heterocycles. The summed E-state index contributed by atoms with van der Waals surface area (Å²) in [5.74, 6) is 0.0596. The van der Waals surface area contributed by atoms with Crippen LogP contribution in [-0.2, 0) is 4.79 Å². The Labute approximate surface area is 98.4 Å². The minimum absolute atomic E-state index is 0.0596. The lowest BCUT2D eigenvalue weighted by Crippen LogP contribution is -2.45. The maximum absolute atomic E-state index is 12.4. The fraction of sp³-hybridized carbons (Fsp3) is 0.846. The van der Waals surface area contributed by atoms with Crippen molar-refractivity contribution in [3.05, 3.63) is 0 Å². The van der Waals surface area contributed by atoms with Gasteiger partial charge in [0.1, 0.15) is 5.41 Å². The number of carbonyl (C=O) groups is 1. The molecule has 1 heterocycles. The van der Waals surface area contributed by atoms with Crippen molar-refractivity contribution in [3.8, 4) is 6.07 Å². The average Bonchev–Trinajstić information content (AvgIpc) is 2.79. The molecular formula is C13H22N2O. The third-order valence-corrected chi connectivity index (χ3v) is 3.94. The molecule has 0 saturated carbocycles. The molecular weight excluding hydrogens is 200 g/mol. The first kappa shape index (κ1) is 13.0. The van der Waals surface area contributed by atoms with Crippen LogP contribution in [0.15, 0.2) is 0 Å². The van der Waals surface area contributed by atoms with E-state index in [0.29, 0.717) is 18.9 Å². The summed E-state index contributed by atoms with van der Waals surface area (Å²) in [5, 5.41) is 9.27.